The fraction of sp³-hybridized carbons (Fsp3) is 0. The standard InChI is InChI=1S/C14H9BrFNO/c15-10-5-6-13(18)14-9(10)7-8-17(14)12-4-2-1-3-11(12)16/h1-8,18H. The molecule has 18 heavy (non-hydrogen) atoms. The number of phenolic OH excluding ortho intramolecular Hbond substituents is 1. The van der Waals surface area contributed by atoms with Gasteiger partial charge in [-0.15, -0.1) is 0 Å². The number of hydrogen-bond donors (Lipinski definition) is 1. The molecule has 0 saturated carbocycles. The summed E-state index contributed by atoms with van der Waals surface area (Å²) < 4.78 is 16.3. The van der Waals surface area contributed by atoms with E-state index in [1.54, 1.807) is 41.1 Å². The number of fused-ring (bicyclic) bond motifs is 1. The molecule has 0 fully saturated rings. The molecule has 3 rings (SSSR count). The van der Waals surface area contributed by atoms with Gasteiger partial charge in [0.1, 0.15) is 11.6 Å². The monoisotopic (exact) mass is 305 g/mol. The molecular weight excluding hydrogens is 297 g/mol. The summed E-state index contributed by atoms with van der Waals surface area (Å²) in [5.74, 6) is -0.198. The van der Waals surface area contributed by atoms with Gasteiger partial charge in [-0.2, -0.15) is 0 Å². The summed E-state index contributed by atoms with van der Waals surface area (Å²) in [6.45, 7) is 0. The van der Waals surface area contributed by atoms with Gasteiger partial charge in [-0.05, 0) is 30.3 Å². The van der Waals surface area contributed by atoms with Crippen molar-refractivity contribution in [2.24, 2.45) is 0 Å². The van der Waals surface area contributed by atoms with Crippen molar-refractivity contribution in [2.75, 3.05) is 0 Å². The van der Waals surface area contributed by atoms with Gasteiger partial charge >= 0.3 is 0 Å². The predicted octanol–water partition coefficient (Wildman–Crippen LogP) is 4.24. The maximum atomic E-state index is 13.8. The SMILES string of the molecule is Oc1ccc(Br)c2ccn(-c3ccccc3F)c12. The molecule has 0 spiro atoms. The van der Waals surface area contributed by atoms with Crippen LogP contribution in [-0.2, 0) is 0 Å². The maximum Gasteiger partial charge on any atom is 0.147 e. The largest absolute Gasteiger partial charge is 0.506 e. The number of benzene rings is 2. The zero-order chi connectivity index (χ0) is 12.7. The maximum absolute atomic E-state index is 13.8. The molecule has 0 aliphatic heterocycles. The second-order valence-corrected chi connectivity index (χ2v) is 4.82. The lowest BCUT2D eigenvalue weighted by Crippen LogP contribution is -1.95. The van der Waals surface area contributed by atoms with Crippen molar-refractivity contribution in [3.05, 3.63) is 59.0 Å². The summed E-state index contributed by atoms with van der Waals surface area (Å²) in [5, 5.41) is 10.8. The normalized spacial score (nSPS) is 11.0. The Morgan fingerprint density at radius 2 is 1.83 bits per heavy atom. The molecule has 2 nitrogen and oxygen atoms in total. The molecule has 3 aromatic rings. The highest BCUT2D eigenvalue weighted by Crippen LogP contribution is 2.33. The molecule has 2 aromatic carbocycles. The summed E-state index contributed by atoms with van der Waals surface area (Å²) in [5.41, 5.74) is 1.01. The first-order valence-electron chi connectivity index (χ1n) is 5.42. The number of para-hydroxylation sites is 1. The van der Waals surface area contributed by atoms with E-state index in [9.17, 15) is 9.50 Å². The number of nitrogens with zero attached hydrogens (tertiary/aromatic N) is 1. The minimum absolute atomic E-state index is 0.126. The first-order valence-corrected chi connectivity index (χ1v) is 6.21. The van der Waals surface area contributed by atoms with Crippen LogP contribution in [0.25, 0.3) is 16.6 Å². The lowest BCUT2D eigenvalue weighted by Gasteiger charge is -2.08. The third-order valence-electron chi connectivity index (χ3n) is 2.89. The van der Waals surface area contributed by atoms with E-state index < -0.39 is 0 Å². The van der Waals surface area contributed by atoms with Crippen molar-refractivity contribution in [1.82, 2.24) is 4.57 Å². The van der Waals surface area contributed by atoms with Crippen molar-refractivity contribution in [1.29, 1.82) is 0 Å². The topological polar surface area (TPSA) is 25.2 Å². The Kier molecular flexibility index (Phi) is 2.59. The molecule has 0 aliphatic rings. The van der Waals surface area contributed by atoms with Crippen molar-refractivity contribution < 1.29 is 9.50 Å². The van der Waals surface area contributed by atoms with Crippen LogP contribution < -0.4 is 0 Å². The molecule has 0 amide bonds. The Labute approximate surface area is 111 Å². The third-order valence-corrected chi connectivity index (χ3v) is 3.58. The first-order chi connectivity index (χ1) is 8.68. The van der Waals surface area contributed by atoms with Crippen LogP contribution >= 0.6 is 15.9 Å². The van der Waals surface area contributed by atoms with Gasteiger partial charge < -0.3 is 9.67 Å². The summed E-state index contributed by atoms with van der Waals surface area (Å²) in [6.07, 6.45) is 1.74. The van der Waals surface area contributed by atoms with Gasteiger partial charge in [-0.1, -0.05) is 28.1 Å². The molecule has 0 atom stereocenters. The van der Waals surface area contributed by atoms with Crippen LogP contribution in [-0.4, -0.2) is 9.67 Å². The lowest BCUT2D eigenvalue weighted by molar-refractivity contribution is 0.479. The van der Waals surface area contributed by atoms with E-state index in [0.29, 0.717) is 11.2 Å². The number of phenols is 1. The molecule has 0 unspecified atom stereocenters. The van der Waals surface area contributed by atoms with Crippen LogP contribution in [0.4, 0.5) is 4.39 Å². The van der Waals surface area contributed by atoms with E-state index >= 15 is 0 Å². The molecule has 0 bridgehead atoms. The minimum atomic E-state index is -0.325. The van der Waals surface area contributed by atoms with Gasteiger partial charge in [0, 0.05) is 16.1 Å². The summed E-state index contributed by atoms with van der Waals surface area (Å²) in [4.78, 5) is 0. The number of rotatable bonds is 1. The smallest absolute Gasteiger partial charge is 0.147 e. The predicted molar refractivity (Wildman–Crippen MR) is 72.6 cm³/mol. The summed E-state index contributed by atoms with van der Waals surface area (Å²) >= 11 is 3.42. The zero-order valence-electron chi connectivity index (χ0n) is 9.27. The van der Waals surface area contributed by atoms with Gasteiger partial charge in [0.05, 0.1) is 11.2 Å². The number of hydrogen-bond acceptors (Lipinski definition) is 1. The van der Waals surface area contributed by atoms with Gasteiger partial charge in [0.2, 0.25) is 0 Å². The van der Waals surface area contributed by atoms with E-state index in [0.717, 1.165) is 9.86 Å². The third kappa shape index (κ3) is 1.61. The average molecular weight is 306 g/mol. The van der Waals surface area contributed by atoms with Crippen molar-refractivity contribution in [3.8, 4) is 11.4 Å². The van der Waals surface area contributed by atoms with E-state index in [4.69, 9.17) is 0 Å². The number of aromatic nitrogens is 1. The Hall–Kier alpha value is -1.81. The minimum Gasteiger partial charge on any atom is -0.506 e. The summed E-state index contributed by atoms with van der Waals surface area (Å²) in [7, 11) is 0. The first kappa shape index (κ1) is 11.3. The molecule has 0 radical (unpaired) electrons. The molecule has 0 aliphatic carbocycles. The van der Waals surface area contributed by atoms with Crippen molar-refractivity contribution >= 4 is 26.8 Å². The van der Waals surface area contributed by atoms with Gasteiger partial charge in [0.25, 0.3) is 0 Å². The molecule has 1 N–H and O–H groups in total. The van der Waals surface area contributed by atoms with E-state index in [1.165, 1.54) is 6.07 Å². The van der Waals surface area contributed by atoms with E-state index in [1.807, 2.05) is 6.07 Å². The molecule has 1 aromatic heterocycles. The fourth-order valence-electron chi connectivity index (χ4n) is 2.06. The van der Waals surface area contributed by atoms with Gasteiger partial charge in [0.15, 0.2) is 0 Å². The average Bonchev–Trinajstić information content (AvgIpc) is 2.80. The highest BCUT2D eigenvalue weighted by atomic mass is 79.9. The summed E-state index contributed by atoms with van der Waals surface area (Å²) in [6, 6.07) is 11.7. The van der Waals surface area contributed by atoms with Crippen molar-refractivity contribution in [3.63, 3.8) is 0 Å². The van der Waals surface area contributed by atoms with E-state index in [2.05, 4.69) is 15.9 Å². The Morgan fingerprint density at radius 3 is 2.61 bits per heavy atom. The molecule has 4 heteroatoms. The van der Waals surface area contributed by atoms with Crippen LogP contribution in [0.5, 0.6) is 5.75 Å². The second kappa shape index (κ2) is 4.14. The van der Waals surface area contributed by atoms with Crippen LogP contribution in [0.3, 0.4) is 0 Å². The number of aromatic hydroxyl groups is 1. The second-order valence-electron chi connectivity index (χ2n) is 3.97. The highest BCUT2D eigenvalue weighted by Gasteiger charge is 2.12. The number of halogens is 2. The van der Waals surface area contributed by atoms with Crippen LogP contribution in [0, 0.1) is 5.82 Å². The van der Waals surface area contributed by atoms with Crippen LogP contribution in [0.1, 0.15) is 0 Å². The van der Waals surface area contributed by atoms with Crippen LogP contribution in [0.15, 0.2) is 53.1 Å². The fourth-order valence-corrected chi connectivity index (χ4v) is 2.51. The molecule has 0 saturated heterocycles. The van der Waals surface area contributed by atoms with Gasteiger partial charge in [-0.3, -0.25) is 0 Å². The zero-order valence-corrected chi connectivity index (χ0v) is 10.9. The Bertz CT molecular complexity index is 736. The Morgan fingerprint density at radius 1 is 1.06 bits per heavy atom. The van der Waals surface area contributed by atoms with E-state index in [-0.39, 0.29) is 11.6 Å². The van der Waals surface area contributed by atoms with Crippen LogP contribution in [0.2, 0.25) is 0 Å². The Balaban J connectivity index is 2.38. The quantitative estimate of drug-likeness (QED) is 0.715. The highest BCUT2D eigenvalue weighted by molar-refractivity contribution is 9.10. The molecule has 90 valence electrons. The lowest BCUT2D eigenvalue weighted by atomic mass is 10.2. The molecule has 1 heterocycles. The van der Waals surface area contributed by atoms with Crippen molar-refractivity contribution in [2.45, 2.75) is 0 Å². The van der Waals surface area contributed by atoms with Gasteiger partial charge in [-0.25, -0.2) is 4.39 Å². The molecular formula is C14H9BrFNO.